The molecule has 5 atom stereocenters. The molecule has 0 aromatic heterocycles. The van der Waals surface area contributed by atoms with Crippen molar-refractivity contribution in [1.82, 2.24) is 4.31 Å². The Morgan fingerprint density at radius 3 is 2.08 bits per heavy atom. The highest BCUT2D eigenvalue weighted by Gasteiger charge is 2.66. The van der Waals surface area contributed by atoms with Gasteiger partial charge in [-0.1, -0.05) is 84.8 Å². The fourth-order valence-electron chi connectivity index (χ4n) is 6.24. The van der Waals surface area contributed by atoms with E-state index in [1.54, 1.807) is 42.5 Å². The van der Waals surface area contributed by atoms with Gasteiger partial charge in [0.2, 0.25) is 16.1 Å². The van der Waals surface area contributed by atoms with Crippen molar-refractivity contribution in [2.75, 3.05) is 0 Å². The molecule has 2 fully saturated rings. The van der Waals surface area contributed by atoms with Gasteiger partial charge in [-0.05, 0) is 49.4 Å². The van der Waals surface area contributed by atoms with Gasteiger partial charge in [0.25, 0.3) is 0 Å². The van der Waals surface area contributed by atoms with E-state index in [1.165, 1.54) is 12.1 Å². The fourth-order valence-corrected chi connectivity index (χ4v) is 8.13. The third kappa shape index (κ3) is 4.03. The van der Waals surface area contributed by atoms with E-state index >= 15 is 0 Å². The van der Waals surface area contributed by atoms with Crippen molar-refractivity contribution in [1.29, 1.82) is 0 Å². The van der Waals surface area contributed by atoms with Crippen LogP contribution in [0.1, 0.15) is 54.3 Å². The van der Waals surface area contributed by atoms with E-state index in [9.17, 15) is 23.6 Å². The van der Waals surface area contributed by atoms with Crippen molar-refractivity contribution >= 4 is 10.0 Å². The van der Waals surface area contributed by atoms with Crippen LogP contribution in [0.5, 0.6) is 0 Å². The molecule has 5 unspecified atom stereocenters. The lowest BCUT2D eigenvalue weighted by Crippen LogP contribution is -2.68. The monoisotopic (exact) mass is 506 g/mol. The summed E-state index contributed by atoms with van der Waals surface area (Å²) in [7, 11) is -4.30. The normalized spacial score (nSPS) is 28.8. The number of aliphatic hydroxyl groups is 1. The quantitative estimate of drug-likeness (QED) is 0.386. The molecule has 1 aliphatic carbocycles. The van der Waals surface area contributed by atoms with Gasteiger partial charge in [-0.3, -0.25) is 10.1 Å². The first-order valence-electron chi connectivity index (χ1n) is 12.3. The lowest BCUT2D eigenvalue weighted by atomic mass is 9.63. The van der Waals surface area contributed by atoms with Crippen LogP contribution >= 0.6 is 0 Å². The minimum atomic E-state index is -4.30. The molecule has 0 bridgehead atoms. The Morgan fingerprint density at radius 1 is 0.917 bits per heavy atom. The van der Waals surface area contributed by atoms with Gasteiger partial charge in [0.15, 0.2) is 0 Å². The van der Waals surface area contributed by atoms with Crippen LogP contribution in [-0.4, -0.2) is 34.5 Å². The molecule has 36 heavy (non-hydrogen) atoms. The molecule has 7 nitrogen and oxygen atoms in total. The van der Waals surface area contributed by atoms with Gasteiger partial charge < -0.3 is 5.11 Å². The van der Waals surface area contributed by atoms with E-state index < -0.39 is 39.7 Å². The van der Waals surface area contributed by atoms with E-state index in [0.29, 0.717) is 18.4 Å². The van der Waals surface area contributed by atoms with Crippen molar-refractivity contribution in [3.8, 4) is 0 Å². The number of sulfonamides is 1. The van der Waals surface area contributed by atoms with Crippen LogP contribution < -0.4 is 0 Å². The number of piperidine rings is 1. The molecule has 3 aromatic rings. The summed E-state index contributed by atoms with van der Waals surface area (Å²) in [5.74, 6) is -1.27. The zero-order valence-electron chi connectivity index (χ0n) is 20.1. The summed E-state index contributed by atoms with van der Waals surface area (Å²) in [6.07, 6.45) is 2.13. The Kier molecular flexibility index (Phi) is 6.44. The molecule has 1 saturated carbocycles. The smallest absolute Gasteiger partial charge is 0.246 e. The van der Waals surface area contributed by atoms with E-state index in [-0.39, 0.29) is 16.2 Å². The second-order valence-electron chi connectivity index (χ2n) is 9.91. The lowest BCUT2D eigenvalue weighted by Gasteiger charge is -2.56. The summed E-state index contributed by atoms with van der Waals surface area (Å²) in [6, 6.07) is 21.9. The van der Waals surface area contributed by atoms with Crippen LogP contribution in [0.3, 0.4) is 0 Å². The predicted octanol–water partition coefficient (Wildman–Crippen LogP) is 5.05. The topological polar surface area (TPSA) is 101 Å². The molecule has 1 saturated heterocycles. The third-order valence-corrected chi connectivity index (χ3v) is 9.74. The SMILES string of the molecule is Cc1ccc(S(=O)(=O)N2C(c3ccccc3)C([N+](=O)[O-])C(c3ccccc3)C3CCCCC32O)cc1. The Labute approximate surface area is 211 Å². The number of hydrogen-bond donors (Lipinski definition) is 1. The number of nitrogens with zero attached hydrogens (tertiary/aromatic N) is 2. The second kappa shape index (κ2) is 9.42. The summed E-state index contributed by atoms with van der Waals surface area (Å²) >= 11 is 0. The van der Waals surface area contributed by atoms with Gasteiger partial charge in [-0.2, -0.15) is 4.31 Å². The summed E-state index contributed by atoms with van der Waals surface area (Å²) in [5.41, 5.74) is 0.370. The standard InChI is InChI=1S/C28H30N2O5S/c1-20-15-17-23(18-16-20)36(34,35)29-26(22-12-6-3-7-13-22)27(30(32)33)25(21-10-4-2-5-11-21)24-14-8-9-19-28(24,29)31/h2-7,10-13,15-18,24-27,31H,8-9,14,19H2,1H3. The summed E-state index contributed by atoms with van der Waals surface area (Å²) in [5, 5.41) is 25.2. The molecular formula is C28H30N2O5S. The molecule has 1 N–H and O–H groups in total. The minimum Gasteiger partial charge on any atom is -0.374 e. The highest BCUT2D eigenvalue weighted by Crippen LogP contribution is 2.57. The number of fused-ring (bicyclic) bond motifs is 1. The summed E-state index contributed by atoms with van der Waals surface area (Å²) in [6.45, 7) is 1.86. The third-order valence-electron chi connectivity index (χ3n) is 7.81. The average Bonchev–Trinajstić information content (AvgIpc) is 2.88. The molecule has 1 aliphatic heterocycles. The van der Waals surface area contributed by atoms with Gasteiger partial charge >= 0.3 is 0 Å². The van der Waals surface area contributed by atoms with Gasteiger partial charge in [-0.25, -0.2) is 8.42 Å². The summed E-state index contributed by atoms with van der Waals surface area (Å²) in [4.78, 5) is 12.5. The molecule has 0 amide bonds. The van der Waals surface area contributed by atoms with Crippen LogP contribution in [0.4, 0.5) is 0 Å². The number of hydrogen-bond acceptors (Lipinski definition) is 5. The molecule has 0 radical (unpaired) electrons. The largest absolute Gasteiger partial charge is 0.374 e. The highest BCUT2D eigenvalue weighted by molar-refractivity contribution is 7.89. The Balaban J connectivity index is 1.80. The Bertz CT molecular complexity index is 1330. The number of nitro groups is 1. The minimum absolute atomic E-state index is 0.0204. The molecule has 2 aliphatic rings. The first kappa shape index (κ1) is 24.6. The predicted molar refractivity (Wildman–Crippen MR) is 136 cm³/mol. The zero-order chi connectivity index (χ0) is 25.5. The van der Waals surface area contributed by atoms with Crippen molar-refractivity contribution in [3.05, 3.63) is 112 Å². The maximum absolute atomic E-state index is 14.3. The van der Waals surface area contributed by atoms with Gasteiger partial charge in [0.05, 0.1) is 10.8 Å². The Morgan fingerprint density at radius 2 is 1.50 bits per heavy atom. The van der Waals surface area contributed by atoms with E-state index in [1.807, 2.05) is 37.3 Å². The molecule has 5 rings (SSSR count). The zero-order valence-corrected chi connectivity index (χ0v) is 20.9. The van der Waals surface area contributed by atoms with Crippen molar-refractivity contribution < 1.29 is 18.4 Å². The fraction of sp³-hybridized carbons (Fsp3) is 0.357. The van der Waals surface area contributed by atoms with E-state index in [0.717, 1.165) is 21.9 Å². The number of benzene rings is 3. The molecule has 3 aromatic carbocycles. The van der Waals surface area contributed by atoms with Crippen molar-refractivity contribution in [2.45, 2.75) is 61.2 Å². The van der Waals surface area contributed by atoms with Crippen LogP contribution in [-0.2, 0) is 10.0 Å². The van der Waals surface area contributed by atoms with Gasteiger partial charge in [0.1, 0.15) is 11.8 Å². The molecule has 0 spiro atoms. The molecular weight excluding hydrogens is 476 g/mol. The van der Waals surface area contributed by atoms with Gasteiger partial charge in [0, 0.05) is 10.8 Å². The Hall–Kier alpha value is -3.07. The van der Waals surface area contributed by atoms with Crippen LogP contribution in [0.25, 0.3) is 0 Å². The maximum atomic E-state index is 14.3. The van der Waals surface area contributed by atoms with Crippen molar-refractivity contribution in [3.63, 3.8) is 0 Å². The van der Waals surface area contributed by atoms with Crippen LogP contribution in [0, 0.1) is 23.0 Å². The van der Waals surface area contributed by atoms with Crippen LogP contribution in [0.15, 0.2) is 89.8 Å². The number of rotatable bonds is 5. The second-order valence-corrected chi connectivity index (χ2v) is 11.7. The molecule has 8 heteroatoms. The lowest BCUT2D eigenvalue weighted by molar-refractivity contribution is -0.546. The van der Waals surface area contributed by atoms with Crippen LogP contribution in [0.2, 0.25) is 0 Å². The molecule has 1 heterocycles. The van der Waals surface area contributed by atoms with Crippen molar-refractivity contribution in [2.24, 2.45) is 5.92 Å². The summed E-state index contributed by atoms with van der Waals surface area (Å²) < 4.78 is 29.7. The molecule has 188 valence electrons. The highest BCUT2D eigenvalue weighted by atomic mass is 32.2. The van der Waals surface area contributed by atoms with E-state index in [2.05, 4.69) is 0 Å². The maximum Gasteiger partial charge on any atom is 0.246 e. The first-order valence-corrected chi connectivity index (χ1v) is 13.8. The van der Waals surface area contributed by atoms with E-state index in [4.69, 9.17) is 0 Å². The van der Waals surface area contributed by atoms with Gasteiger partial charge in [-0.15, -0.1) is 0 Å². The first-order chi connectivity index (χ1) is 17.2. The number of aryl methyl sites for hydroxylation is 1. The average molecular weight is 507 g/mol.